The topological polar surface area (TPSA) is 93.2 Å². The smallest absolute Gasteiger partial charge is 0.254 e. The van der Waals surface area contributed by atoms with Gasteiger partial charge in [-0.3, -0.25) is 14.2 Å². The van der Waals surface area contributed by atoms with Crippen molar-refractivity contribution in [3.05, 3.63) is 89.7 Å². The van der Waals surface area contributed by atoms with E-state index in [4.69, 9.17) is 5.73 Å². The molecule has 2 amide bonds. The number of hydrogen-bond acceptors (Lipinski definition) is 4. The SMILES string of the molecule is CC(c1ccc(-n2cnc3ccccc32)cc1)N(C)C(=O)c1ccc2c(c1)CCC(N)C(=O)N2. The van der Waals surface area contributed by atoms with Gasteiger partial charge in [-0.25, -0.2) is 4.98 Å². The first kappa shape index (κ1) is 21.9. The number of fused-ring (bicyclic) bond motifs is 2. The highest BCUT2D eigenvalue weighted by Gasteiger charge is 2.23. The lowest BCUT2D eigenvalue weighted by Gasteiger charge is -2.26. The van der Waals surface area contributed by atoms with E-state index >= 15 is 0 Å². The molecule has 2 atom stereocenters. The molecule has 1 aliphatic heterocycles. The molecule has 0 fully saturated rings. The first-order chi connectivity index (χ1) is 16.4. The van der Waals surface area contributed by atoms with Crippen LogP contribution in [0.3, 0.4) is 0 Å². The Labute approximate surface area is 198 Å². The van der Waals surface area contributed by atoms with Gasteiger partial charge in [-0.15, -0.1) is 0 Å². The van der Waals surface area contributed by atoms with Crippen LogP contribution < -0.4 is 11.1 Å². The predicted octanol–water partition coefficient (Wildman–Crippen LogP) is 4.07. The molecule has 0 radical (unpaired) electrons. The van der Waals surface area contributed by atoms with Crippen LogP contribution in [-0.2, 0) is 11.2 Å². The van der Waals surface area contributed by atoms with Crippen molar-refractivity contribution in [2.24, 2.45) is 5.73 Å². The Morgan fingerprint density at radius 3 is 2.71 bits per heavy atom. The van der Waals surface area contributed by atoms with E-state index in [0.717, 1.165) is 33.5 Å². The van der Waals surface area contributed by atoms with Crippen molar-refractivity contribution < 1.29 is 9.59 Å². The monoisotopic (exact) mass is 453 g/mol. The Hall–Kier alpha value is -3.97. The van der Waals surface area contributed by atoms with E-state index < -0.39 is 6.04 Å². The molecule has 0 spiro atoms. The van der Waals surface area contributed by atoms with Gasteiger partial charge in [0, 0.05) is 24.0 Å². The Kier molecular flexibility index (Phi) is 5.63. The zero-order chi connectivity index (χ0) is 23.8. The number of amides is 2. The molecule has 5 rings (SSSR count). The quantitative estimate of drug-likeness (QED) is 0.487. The molecule has 7 nitrogen and oxygen atoms in total. The summed E-state index contributed by atoms with van der Waals surface area (Å²) in [6.45, 7) is 2.02. The maximum absolute atomic E-state index is 13.3. The molecular weight excluding hydrogens is 426 g/mol. The van der Waals surface area contributed by atoms with E-state index in [0.29, 0.717) is 18.4 Å². The van der Waals surface area contributed by atoms with Gasteiger partial charge in [0.1, 0.15) is 6.33 Å². The van der Waals surface area contributed by atoms with Gasteiger partial charge in [0.2, 0.25) is 5.91 Å². The highest BCUT2D eigenvalue weighted by Crippen LogP contribution is 2.27. The average molecular weight is 454 g/mol. The minimum absolute atomic E-state index is 0.0696. The van der Waals surface area contributed by atoms with Gasteiger partial charge in [-0.2, -0.15) is 0 Å². The number of aryl methyl sites for hydroxylation is 1. The first-order valence-electron chi connectivity index (χ1n) is 11.4. The van der Waals surface area contributed by atoms with Crippen molar-refractivity contribution in [2.75, 3.05) is 12.4 Å². The van der Waals surface area contributed by atoms with Crippen molar-refractivity contribution >= 4 is 28.5 Å². The summed E-state index contributed by atoms with van der Waals surface area (Å²) in [5.74, 6) is -0.254. The molecule has 3 N–H and O–H groups in total. The molecule has 7 heteroatoms. The van der Waals surface area contributed by atoms with Crippen LogP contribution in [-0.4, -0.2) is 39.4 Å². The van der Waals surface area contributed by atoms with Gasteiger partial charge in [-0.05, 0) is 73.4 Å². The number of carbonyl (C=O) groups excluding carboxylic acids is 2. The van der Waals surface area contributed by atoms with Gasteiger partial charge in [0.15, 0.2) is 0 Å². The van der Waals surface area contributed by atoms with Gasteiger partial charge in [0.05, 0.1) is 23.1 Å². The third-order valence-corrected chi connectivity index (χ3v) is 6.68. The predicted molar refractivity (Wildman–Crippen MR) is 133 cm³/mol. The second-order valence-corrected chi connectivity index (χ2v) is 8.79. The number of rotatable bonds is 4. The number of anilines is 1. The van der Waals surface area contributed by atoms with E-state index in [-0.39, 0.29) is 17.9 Å². The standard InChI is InChI=1S/C27H27N5O2/c1-17(18-7-11-21(12-8-18)32-16-29-24-5-3-4-6-25(24)32)31(2)27(34)20-10-14-23-19(15-20)9-13-22(28)26(33)30-23/h3-8,10-12,14-17,22H,9,13,28H2,1-2H3,(H,30,33). The fourth-order valence-corrected chi connectivity index (χ4v) is 4.40. The lowest BCUT2D eigenvalue weighted by molar-refractivity contribution is -0.117. The number of hydrogen-bond donors (Lipinski definition) is 2. The molecule has 172 valence electrons. The molecule has 4 aromatic rings. The molecule has 0 aliphatic carbocycles. The lowest BCUT2D eigenvalue weighted by atomic mass is 10.0. The second-order valence-electron chi connectivity index (χ2n) is 8.79. The third kappa shape index (κ3) is 3.95. The number of imidazole rings is 1. The van der Waals surface area contributed by atoms with E-state index in [1.165, 1.54) is 0 Å². The Balaban J connectivity index is 1.34. The molecule has 34 heavy (non-hydrogen) atoms. The molecule has 3 aromatic carbocycles. The number of carbonyl (C=O) groups is 2. The van der Waals surface area contributed by atoms with Crippen molar-refractivity contribution in [3.8, 4) is 5.69 Å². The average Bonchev–Trinajstić information content (AvgIpc) is 3.24. The molecule has 0 saturated heterocycles. The summed E-state index contributed by atoms with van der Waals surface area (Å²) in [6.07, 6.45) is 3.04. The fourth-order valence-electron chi connectivity index (χ4n) is 4.40. The Bertz CT molecular complexity index is 1380. The van der Waals surface area contributed by atoms with Gasteiger partial charge in [0.25, 0.3) is 5.91 Å². The van der Waals surface area contributed by atoms with E-state index in [9.17, 15) is 9.59 Å². The lowest BCUT2D eigenvalue weighted by Crippen LogP contribution is -2.34. The number of aromatic nitrogens is 2. The maximum Gasteiger partial charge on any atom is 0.254 e. The third-order valence-electron chi connectivity index (χ3n) is 6.68. The molecule has 0 bridgehead atoms. The summed E-state index contributed by atoms with van der Waals surface area (Å²) in [4.78, 5) is 31.5. The van der Waals surface area contributed by atoms with E-state index in [2.05, 4.69) is 14.9 Å². The number of benzene rings is 3. The molecular formula is C27H27N5O2. The van der Waals surface area contributed by atoms with Crippen molar-refractivity contribution in [3.63, 3.8) is 0 Å². The zero-order valence-corrected chi connectivity index (χ0v) is 19.2. The normalized spacial score (nSPS) is 16.4. The van der Waals surface area contributed by atoms with Crippen LogP contribution in [0.25, 0.3) is 16.7 Å². The van der Waals surface area contributed by atoms with E-state index in [1.807, 2.05) is 74.9 Å². The minimum atomic E-state index is -0.530. The minimum Gasteiger partial charge on any atom is -0.335 e. The maximum atomic E-state index is 13.3. The summed E-state index contributed by atoms with van der Waals surface area (Å²) in [6, 6.07) is 21.0. The first-order valence-corrected chi connectivity index (χ1v) is 11.4. The molecule has 2 heterocycles. The second kappa shape index (κ2) is 8.76. The fraction of sp³-hybridized carbons (Fsp3) is 0.222. The molecule has 1 aliphatic rings. The Morgan fingerprint density at radius 1 is 1.15 bits per heavy atom. The van der Waals surface area contributed by atoms with Crippen LogP contribution in [0.2, 0.25) is 0 Å². The van der Waals surface area contributed by atoms with Gasteiger partial charge in [-0.1, -0.05) is 24.3 Å². The van der Waals surface area contributed by atoms with Crippen LogP contribution in [0.5, 0.6) is 0 Å². The number of para-hydroxylation sites is 2. The van der Waals surface area contributed by atoms with Crippen molar-refractivity contribution in [1.29, 1.82) is 0 Å². The van der Waals surface area contributed by atoms with Crippen molar-refractivity contribution in [2.45, 2.75) is 31.8 Å². The van der Waals surface area contributed by atoms with E-state index in [1.54, 1.807) is 17.0 Å². The number of nitrogens with two attached hydrogens (primary N) is 1. The summed E-state index contributed by atoms with van der Waals surface area (Å²) in [7, 11) is 1.81. The zero-order valence-electron chi connectivity index (χ0n) is 19.2. The molecule has 2 unspecified atom stereocenters. The Morgan fingerprint density at radius 2 is 1.91 bits per heavy atom. The van der Waals surface area contributed by atoms with Crippen LogP contribution in [0.1, 0.15) is 40.9 Å². The number of nitrogens with zero attached hydrogens (tertiary/aromatic N) is 3. The van der Waals surface area contributed by atoms with Gasteiger partial charge >= 0.3 is 0 Å². The summed E-state index contributed by atoms with van der Waals surface area (Å²) in [5, 5.41) is 2.85. The van der Waals surface area contributed by atoms with Crippen LogP contribution in [0.4, 0.5) is 5.69 Å². The summed E-state index contributed by atoms with van der Waals surface area (Å²) >= 11 is 0. The van der Waals surface area contributed by atoms with Crippen LogP contribution in [0, 0.1) is 0 Å². The highest BCUT2D eigenvalue weighted by atomic mass is 16.2. The van der Waals surface area contributed by atoms with Crippen LogP contribution in [0.15, 0.2) is 73.1 Å². The van der Waals surface area contributed by atoms with Crippen molar-refractivity contribution in [1.82, 2.24) is 14.5 Å². The molecule has 0 saturated carbocycles. The number of nitrogens with one attached hydrogen (secondary N) is 1. The molecule has 1 aromatic heterocycles. The van der Waals surface area contributed by atoms with Gasteiger partial charge < -0.3 is 16.0 Å². The van der Waals surface area contributed by atoms with Crippen LogP contribution >= 0.6 is 0 Å². The summed E-state index contributed by atoms with van der Waals surface area (Å²) in [5.41, 5.74) is 12.2. The summed E-state index contributed by atoms with van der Waals surface area (Å²) < 4.78 is 2.05. The highest BCUT2D eigenvalue weighted by molar-refractivity contribution is 5.98. The largest absolute Gasteiger partial charge is 0.335 e.